The SMILES string of the molecule is CCOC(=O)C1=C(C)NC(=S)N[C@H]1c1ccccc1OCC(=O)NN=Cc1ccc(OCc2cccc(F)c2)c(OC)c1. The third-order valence-electron chi connectivity index (χ3n) is 6.23. The standard InChI is InChI=1S/C31H31FN4O6S/c1-4-40-30(38)28-19(2)34-31(43)35-29(28)23-10-5-6-11-24(23)42-18-27(37)36-33-16-20-12-13-25(26(15-20)39-3)41-17-21-8-7-9-22(32)14-21/h5-16,29H,4,17-18H2,1-3H3,(H,36,37)(H2,34,35,43)/t29-/m0/s1. The van der Waals surface area contributed by atoms with Crippen molar-refractivity contribution in [2.45, 2.75) is 26.5 Å². The van der Waals surface area contributed by atoms with Crippen molar-refractivity contribution in [3.63, 3.8) is 0 Å². The zero-order valence-electron chi connectivity index (χ0n) is 23.8. The first-order valence-electron chi connectivity index (χ1n) is 13.3. The highest BCUT2D eigenvalue weighted by Gasteiger charge is 2.32. The zero-order chi connectivity index (χ0) is 30.8. The molecule has 1 aliphatic rings. The highest BCUT2D eigenvalue weighted by molar-refractivity contribution is 7.80. The lowest BCUT2D eigenvalue weighted by Gasteiger charge is -2.30. The summed E-state index contributed by atoms with van der Waals surface area (Å²) in [7, 11) is 1.50. The van der Waals surface area contributed by atoms with E-state index in [-0.39, 0.29) is 25.6 Å². The number of amides is 1. The van der Waals surface area contributed by atoms with E-state index < -0.39 is 17.9 Å². The second-order valence-corrected chi connectivity index (χ2v) is 9.65. The van der Waals surface area contributed by atoms with E-state index in [0.717, 1.165) is 0 Å². The van der Waals surface area contributed by atoms with Crippen LogP contribution in [0.5, 0.6) is 17.2 Å². The predicted octanol–water partition coefficient (Wildman–Crippen LogP) is 4.30. The summed E-state index contributed by atoms with van der Waals surface area (Å²) in [6, 6.07) is 17.7. The lowest BCUT2D eigenvalue weighted by molar-refractivity contribution is -0.139. The van der Waals surface area contributed by atoms with Gasteiger partial charge in [0.25, 0.3) is 5.91 Å². The van der Waals surface area contributed by atoms with Gasteiger partial charge < -0.3 is 29.6 Å². The van der Waals surface area contributed by atoms with Gasteiger partial charge in [0.15, 0.2) is 23.2 Å². The van der Waals surface area contributed by atoms with Gasteiger partial charge in [0.2, 0.25) is 0 Å². The minimum Gasteiger partial charge on any atom is -0.493 e. The molecule has 43 heavy (non-hydrogen) atoms. The van der Waals surface area contributed by atoms with Crippen molar-refractivity contribution in [3.8, 4) is 17.2 Å². The van der Waals surface area contributed by atoms with Crippen molar-refractivity contribution in [1.29, 1.82) is 0 Å². The molecule has 12 heteroatoms. The smallest absolute Gasteiger partial charge is 0.338 e. The van der Waals surface area contributed by atoms with Gasteiger partial charge in [-0.15, -0.1) is 0 Å². The number of esters is 1. The number of allylic oxidation sites excluding steroid dienone is 1. The normalized spacial score (nSPS) is 14.5. The summed E-state index contributed by atoms with van der Waals surface area (Å²) in [6.45, 7) is 3.52. The van der Waals surface area contributed by atoms with Gasteiger partial charge in [0, 0.05) is 11.3 Å². The van der Waals surface area contributed by atoms with Crippen LogP contribution in [0, 0.1) is 5.82 Å². The minimum atomic E-state index is -0.638. The molecule has 1 heterocycles. The van der Waals surface area contributed by atoms with Crippen molar-refractivity contribution in [2.75, 3.05) is 20.3 Å². The molecule has 0 aromatic heterocycles. The Balaban J connectivity index is 1.37. The van der Waals surface area contributed by atoms with Crippen LogP contribution in [0.4, 0.5) is 4.39 Å². The van der Waals surface area contributed by atoms with E-state index >= 15 is 0 Å². The number of hydrazone groups is 1. The number of rotatable bonds is 12. The monoisotopic (exact) mass is 606 g/mol. The number of hydrogen-bond donors (Lipinski definition) is 3. The van der Waals surface area contributed by atoms with E-state index in [1.165, 1.54) is 25.5 Å². The Kier molecular flexibility index (Phi) is 10.6. The number of ether oxygens (including phenoxy) is 4. The Hall–Kier alpha value is -4.97. The van der Waals surface area contributed by atoms with Crippen molar-refractivity contribution in [2.24, 2.45) is 5.10 Å². The van der Waals surface area contributed by atoms with Crippen LogP contribution in [-0.4, -0.2) is 43.5 Å². The number of para-hydroxylation sites is 1. The Morgan fingerprint density at radius 3 is 2.63 bits per heavy atom. The fraction of sp³-hybridized carbons (Fsp3) is 0.226. The topological polar surface area (TPSA) is 120 Å². The molecule has 3 N–H and O–H groups in total. The summed E-state index contributed by atoms with van der Waals surface area (Å²) in [5.74, 6) is -0.0206. The summed E-state index contributed by atoms with van der Waals surface area (Å²) < 4.78 is 35.7. The van der Waals surface area contributed by atoms with Gasteiger partial charge in [-0.1, -0.05) is 30.3 Å². The molecule has 10 nitrogen and oxygen atoms in total. The summed E-state index contributed by atoms with van der Waals surface area (Å²) in [4.78, 5) is 25.2. The Morgan fingerprint density at radius 1 is 1.05 bits per heavy atom. The fourth-order valence-electron chi connectivity index (χ4n) is 4.28. The van der Waals surface area contributed by atoms with Crippen molar-refractivity contribution in [3.05, 3.63) is 101 Å². The number of nitrogens with one attached hydrogen (secondary N) is 3. The summed E-state index contributed by atoms with van der Waals surface area (Å²) >= 11 is 5.31. The number of halogens is 1. The van der Waals surface area contributed by atoms with Crippen molar-refractivity contribution >= 4 is 35.4 Å². The summed E-state index contributed by atoms with van der Waals surface area (Å²) in [5.41, 5.74) is 5.29. The molecule has 1 atom stereocenters. The van der Waals surface area contributed by atoms with Gasteiger partial charge >= 0.3 is 5.97 Å². The van der Waals surface area contributed by atoms with E-state index in [1.807, 2.05) is 0 Å². The maximum atomic E-state index is 13.4. The van der Waals surface area contributed by atoms with Gasteiger partial charge in [0.1, 0.15) is 18.2 Å². The third-order valence-corrected chi connectivity index (χ3v) is 6.45. The highest BCUT2D eigenvalue weighted by atomic mass is 32.1. The van der Waals surface area contributed by atoms with Gasteiger partial charge in [-0.2, -0.15) is 5.10 Å². The number of carbonyl (C=O) groups is 2. The quantitative estimate of drug-likeness (QED) is 0.120. The highest BCUT2D eigenvalue weighted by Crippen LogP contribution is 2.33. The number of hydrogen-bond acceptors (Lipinski definition) is 8. The van der Waals surface area contributed by atoms with Crippen LogP contribution in [0.1, 0.15) is 36.6 Å². The number of benzene rings is 3. The van der Waals surface area contributed by atoms with Crippen LogP contribution in [-0.2, 0) is 20.9 Å². The molecule has 0 fully saturated rings. The molecule has 3 aromatic carbocycles. The first-order chi connectivity index (χ1) is 20.8. The molecule has 3 aromatic rings. The van der Waals surface area contributed by atoms with Crippen LogP contribution in [0.25, 0.3) is 0 Å². The molecule has 1 amide bonds. The van der Waals surface area contributed by atoms with Gasteiger partial charge in [-0.05, 0) is 73.6 Å². The second kappa shape index (κ2) is 14.8. The number of methoxy groups -OCH3 is 1. The zero-order valence-corrected chi connectivity index (χ0v) is 24.6. The molecular formula is C31H31FN4O6S. The molecule has 224 valence electrons. The summed E-state index contributed by atoms with van der Waals surface area (Å²) in [5, 5.41) is 10.4. The van der Waals surface area contributed by atoms with Gasteiger partial charge in [-0.25, -0.2) is 14.6 Å². The van der Waals surface area contributed by atoms with E-state index in [0.29, 0.717) is 50.3 Å². The molecule has 4 rings (SSSR count). The maximum absolute atomic E-state index is 13.4. The minimum absolute atomic E-state index is 0.168. The van der Waals surface area contributed by atoms with E-state index in [9.17, 15) is 14.0 Å². The number of carbonyl (C=O) groups excluding carboxylic acids is 2. The lowest BCUT2D eigenvalue weighted by atomic mass is 9.95. The Bertz CT molecular complexity index is 1560. The molecular weight excluding hydrogens is 575 g/mol. The average Bonchev–Trinajstić information content (AvgIpc) is 2.99. The molecule has 0 spiro atoms. The van der Waals surface area contributed by atoms with Crippen LogP contribution in [0.2, 0.25) is 0 Å². The average molecular weight is 607 g/mol. The van der Waals surface area contributed by atoms with E-state index in [4.69, 9.17) is 31.2 Å². The van der Waals surface area contributed by atoms with Crippen LogP contribution in [0.15, 0.2) is 83.1 Å². The summed E-state index contributed by atoms with van der Waals surface area (Å²) in [6.07, 6.45) is 1.45. The van der Waals surface area contributed by atoms with Gasteiger partial charge in [-0.3, -0.25) is 4.79 Å². The first-order valence-corrected chi connectivity index (χ1v) is 13.7. The first kappa shape index (κ1) is 31.0. The Labute approximate surface area is 253 Å². The number of thiocarbonyl (C=S) groups is 1. The molecule has 0 saturated carbocycles. The molecule has 1 aliphatic heterocycles. The second-order valence-electron chi connectivity index (χ2n) is 9.24. The molecule has 0 aliphatic carbocycles. The molecule has 0 unspecified atom stereocenters. The largest absolute Gasteiger partial charge is 0.493 e. The van der Waals surface area contributed by atoms with Crippen molar-refractivity contribution in [1.82, 2.24) is 16.1 Å². The fourth-order valence-corrected chi connectivity index (χ4v) is 4.55. The van der Waals surface area contributed by atoms with Gasteiger partial charge in [0.05, 0.1) is 31.5 Å². The predicted molar refractivity (Wildman–Crippen MR) is 162 cm³/mol. The van der Waals surface area contributed by atoms with Crippen LogP contribution in [0.3, 0.4) is 0 Å². The van der Waals surface area contributed by atoms with Crippen molar-refractivity contribution < 1.29 is 32.9 Å². The lowest BCUT2D eigenvalue weighted by Crippen LogP contribution is -2.45. The van der Waals surface area contributed by atoms with Crippen LogP contribution >= 0.6 is 12.2 Å². The molecule has 0 bridgehead atoms. The Morgan fingerprint density at radius 2 is 1.86 bits per heavy atom. The number of nitrogens with zero attached hydrogens (tertiary/aromatic N) is 1. The van der Waals surface area contributed by atoms with E-state index in [2.05, 4.69) is 21.2 Å². The third kappa shape index (κ3) is 8.29. The maximum Gasteiger partial charge on any atom is 0.338 e. The van der Waals surface area contributed by atoms with E-state index in [1.54, 1.807) is 68.4 Å². The molecule has 0 radical (unpaired) electrons. The van der Waals surface area contributed by atoms with Crippen LogP contribution < -0.4 is 30.3 Å². The molecule has 0 saturated heterocycles.